The van der Waals surface area contributed by atoms with Gasteiger partial charge in [0.05, 0.1) is 5.52 Å². The Morgan fingerprint density at radius 1 is 0.241 bits per heavy atom. The van der Waals surface area contributed by atoms with Gasteiger partial charge in [-0.2, -0.15) is 0 Å². The number of fused-ring (bicyclic) bond motifs is 10. The molecular weight excluding hydrogens is 657 g/mol. The highest BCUT2D eigenvalue weighted by Gasteiger charge is 2.18. The Hall–Kier alpha value is -7.30. The van der Waals surface area contributed by atoms with Crippen LogP contribution in [0.5, 0.6) is 0 Å². The van der Waals surface area contributed by atoms with Crippen LogP contribution in [0.1, 0.15) is 0 Å². The monoisotopic (exact) mass is 686 g/mol. The third kappa shape index (κ3) is 4.92. The summed E-state index contributed by atoms with van der Waals surface area (Å²) in [6.45, 7) is 0. The fraction of sp³-hybridized carbons (Fsp3) is 0. The molecule has 0 bridgehead atoms. The van der Waals surface area contributed by atoms with E-state index in [4.69, 9.17) is 19.9 Å². The van der Waals surface area contributed by atoms with Gasteiger partial charge in [0.25, 0.3) is 0 Å². The second kappa shape index (κ2) is 12.1. The lowest BCUT2D eigenvalue weighted by atomic mass is 9.91. The first-order chi connectivity index (χ1) is 26.7. The molecule has 0 aliphatic carbocycles. The van der Waals surface area contributed by atoms with Crippen molar-refractivity contribution in [3.8, 4) is 45.4 Å². The van der Waals surface area contributed by atoms with Crippen LogP contribution in [0.15, 0.2) is 182 Å². The first kappa shape index (κ1) is 30.3. The average molecular weight is 687 g/mol. The summed E-state index contributed by atoms with van der Waals surface area (Å²) in [5, 5.41) is 12.9. The summed E-state index contributed by atoms with van der Waals surface area (Å²) in [4.78, 5) is 20.5. The number of pyridine rings is 1. The van der Waals surface area contributed by atoms with Gasteiger partial charge in [-0.05, 0) is 83.9 Å². The molecule has 0 unspecified atom stereocenters. The Morgan fingerprint density at radius 3 is 1.46 bits per heavy atom. The van der Waals surface area contributed by atoms with Gasteiger partial charge in [0.1, 0.15) is 5.69 Å². The summed E-state index contributed by atoms with van der Waals surface area (Å²) >= 11 is 0. The molecule has 0 saturated heterocycles. The standard InChI is InChI=1S/C50H30N4/c1-2-13-32(14-3-1)48-52-49(54-50(53-48)47-43-20-9-8-18-39(43)42-19-10-11-21-46(42)51-47)36-25-27-41-40-26-24-35(34-23-22-31-12-4-5-15-33(31)28-34)29-44(40)37-16-6-7-17-38(37)45(41)30-36/h1-30H. The molecule has 2 heterocycles. The minimum Gasteiger partial charge on any atom is -0.244 e. The maximum Gasteiger partial charge on any atom is 0.183 e. The van der Waals surface area contributed by atoms with Gasteiger partial charge in [-0.25, -0.2) is 19.9 Å². The summed E-state index contributed by atoms with van der Waals surface area (Å²) in [5.41, 5.74) is 5.91. The predicted molar refractivity (Wildman–Crippen MR) is 224 cm³/mol. The number of aromatic nitrogens is 4. The summed E-state index contributed by atoms with van der Waals surface area (Å²) in [7, 11) is 0. The summed E-state index contributed by atoms with van der Waals surface area (Å²) < 4.78 is 0. The van der Waals surface area contributed by atoms with Crippen molar-refractivity contribution in [2.24, 2.45) is 0 Å². The number of para-hydroxylation sites is 1. The van der Waals surface area contributed by atoms with Crippen molar-refractivity contribution in [3.63, 3.8) is 0 Å². The van der Waals surface area contributed by atoms with E-state index >= 15 is 0 Å². The van der Waals surface area contributed by atoms with Gasteiger partial charge in [-0.15, -0.1) is 0 Å². The van der Waals surface area contributed by atoms with E-state index in [2.05, 4.69) is 140 Å². The molecule has 11 rings (SSSR count). The predicted octanol–water partition coefficient (Wildman–Crippen LogP) is 12.9. The highest BCUT2D eigenvalue weighted by Crippen LogP contribution is 2.40. The van der Waals surface area contributed by atoms with Crippen LogP contribution in [0.4, 0.5) is 0 Å². The molecule has 0 fully saturated rings. The van der Waals surface area contributed by atoms with E-state index in [0.717, 1.165) is 43.9 Å². The van der Waals surface area contributed by atoms with Crippen molar-refractivity contribution in [3.05, 3.63) is 182 Å². The van der Waals surface area contributed by atoms with Gasteiger partial charge >= 0.3 is 0 Å². The van der Waals surface area contributed by atoms with E-state index in [9.17, 15) is 0 Å². The van der Waals surface area contributed by atoms with Crippen LogP contribution in [0.25, 0.3) is 110 Å². The third-order valence-electron chi connectivity index (χ3n) is 10.7. The minimum absolute atomic E-state index is 0.547. The van der Waals surface area contributed by atoms with Crippen molar-refractivity contribution in [2.75, 3.05) is 0 Å². The van der Waals surface area contributed by atoms with Gasteiger partial charge in [0.2, 0.25) is 0 Å². The van der Waals surface area contributed by atoms with Gasteiger partial charge in [0.15, 0.2) is 17.5 Å². The molecule has 0 N–H and O–H groups in total. The molecule has 0 radical (unpaired) electrons. The molecule has 0 spiro atoms. The number of nitrogens with zero attached hydrogens (tertiary/aromatic N) is 4. The van der Waals surface area contributed by atoms with E-state index in [1.165, 1.54) is 48.8 Å². The minimum atomic E-state index is 0.547. The van der Waals surface area contributed by atoms with E-state index in [0.29, 0.717) is 17.5 Å². The average Bonchev–Trinajstić information content (AvgIpc) is 3.26. The number of rotatable bonds is 4. The normalized spacial score (nSPS) is 11.7. The largest absolute Gasteiger partial charge is 0.244 e. The SMILES string of the molecule is c1ccc(-c2nc(-c3ccc4c5ccc(-c6ccc7ccccc7c6)cc5c5ccccc5c4c3)nc(-c3nc4ccccc4c4ccccc34)n2)cc1. The first-order valence-electron chi connectivity index (χ1n) is 18.2. The molecule has 4 nitrogen and oxygen atoms in total. The number of hydrogen-bond acceptors (Lipinski definition) is 4. The van der Waals surface area contributed by atoms with E-state index in [-0.39, 0.29) is 0 Å². The van der Waals surface area contributed by atoms with E-state index < -0.39 is 0 Å². The summed E-state index contributed by atoms with van der Waals surface area (Å²) in [6.07, 6.45) is 0. The molecule has 2 aromatic heterocycles. The maximum atomic E-state index is 5.19. The lowest BCUT2D eigenvalue weighted by molar-refractivity contribution is 1.07. The molecule has 0 atom stereocenters. The molecular formula is C50H30N4. The third-order valence-corrected chi connectivity index (χ3v) is 10.7. The molecule has 0 aliphatic rings. The highest BCUT2D eigenvalue weighted by molar-refractivity contribution is 6.26. The first-order valence-corrected chi connectivity index (χ1v) is 18.2. The Bertz CT molecular complexity index is 3260. The zero-order chi connectivity index (χ0) is 35.6. The smallest absolute Gasteiger partial charge is 0.183 e. The zero-order valence-corrected chi connectivity index (χ0v) is 29.1. The lowest BCUT2D eigenvalue weighted by Crippen LogP contribution is -2.02. The Balaban J connectivity index is 1.12. The van der Waals surface area contributed by atoms with Gasteiger partial charge in [0, 0.05) is 21.9 Å². The molecule has 250 valence electrons. The van der Waals surface area contributed by atoms with Crippen LogP contribution in [0.2, 0.25) is 0 Å². The Kier molecular flexibility index (Phi) is 6.82. The van der Waals surface area contributed by atoms with Crippen LogP contribution in [0, 0.1) is 0 Å². The molecule has 4 heteroatoms. The van der Waals surface area contributed by atoms with E-state index in [1.807, 2.05) is 42.5 Å². The molecule has 0 saturated carbocycles. The van der Waals surface area contributed by atoms with Crippen molar-refractivity contribution in [1.29, 1.82) is 0 Å². The van der Waals surface area contributed by atoms with Crippen LogP contribution >= 0.6 is 0 Å². The Labute approximate surface area is 311 Å². The summed E-state index contributed by atoms with van der Waals surface area (Å²) in [5.74, 6) is 1.76. The molecule has 0 aliphatic heterocycles. The fourth-order valence-corrected chi connectivity index (χ4v) is 8.05. The van der Waals surface area contributed by atoms with Gasteiger partial charge in [-0.3, -0.25) is 0 Å². The molecule has 54 heavy (non-hydrogen) atoms. The van der Waals surface area contributed by atoms with Crippen LogP contribution in [0.3, 0.4) is 0 Å². The second-order valence-corrected chi connectivity index (χ2v) is 13.8. The number of benzene rings is 9. The van der Waals surface area contributed by atoms with Gasteiger partial charge in [-0.1, -0.05) is 158 Å². The van der Waals surface area contributed by atoms with Crippen LogP contribution in [-0.2, 0) is 0 Å². The molecule has 9 aromatic carbocycles. The van der Waals surface area contributed by atoms with Gasteiger partial charge < -0.3 is 0 Å². The van der Waals surface area contributed by atoms with Crippen LogP contribution in [-0.4, -0.2) is 19.9 Å². The van der Waals surface area contributed by atoms with Crippen molar-refractivity contribution in [1.82, 2.24) is 19.9 Å². The summed E-state index contributed by atoms with van der Waals surface area (Å²) in [6, 6.07) is 64.2. The number of hydrogen-bond donors (Lipinski definition) is 0. The molecule has 0 amide bonds. The van der Waals surface area contributed by atoms with E-state index in [1.54, 1.807) is 0 Å². The quantitative estimate of drug-likeness (QED) is 0.173. The second-order valence-electron chi connectivity index (χ2n) is 13.8. The topological polar surface area (TPSA) is 51.6 Å². The van der Waals surface area contributed by atoms with Crippen molar-refractivity contribution in [2.45, 2.75) is 0 Å². The Morgan fingerprint density at radius 2 is 0.722 bits per heavy atom. The van der Waals surface area contributed by atoms with Crippen molar-refractivity contribution >= 4 is 64.8 Å². The maximum absolute atomic E-state index is 5.19. The van der Waals surface area contributed by atoms with Crippen molar-refractivity contribution < 1.29 is 0 Å². The molecule has 11 aromatic rings. The highest BCUT2D eigenvalue weighted by atomic mass is 15.0. The zero-order valence-electron chi connectivity index (χ0n) is 29.1. The fourth-order valence-electron chi connectivity index (χ4n) is 8.05. The lowest BCUT2D eigenvalue weighted by Gasteiger charge is -2.14. The van der Waals surface area contributed by atoms with Crippen LogP contribution < -0.4 is 0 Å².